The van der Waals surface area contributed by atoms with E-state index in [0.717, 1.165) is 0 Å². The maximum absolute atomic E-state index is 12.3. The number of rotatable bonds is 4. The molecular formula is C14H16N2O4. The molecule has 0 radical (unpaired) electrons. The highest BCUT2D eigenvalue weighted by Crippen LogP contribution is 2.26. The van der Waals surface area contributed by atoms with Gasteiger partial charge in [-0.25, -0.2) is 4.79 Å². The summed E-state index contributed by atoms with van der Waals surface area (Å²) in [5, 5.41) is 0.679. The molecule has 106 valence electrons. The number of nitrogens with zero attached hydrogens (tertiary/aromatic N) is 1. The number of hydrogen-bond donors (Lipinski definition) is 1. The average molecular weight is 276 g/mol. The lowest BCUT2D eigenvalue weighted by atomic mass is 10.1. The average Bonchev–Trinajstić information content (AvgIpc) is 2.82. The van der Waals surface area contributed by atoms with Crippen LogP contribution in [0.4, 0.5) is 4.79 Å². The molecule has 2 amide bonds. The van der Waals surface area contributed by atoms with E-state index < -0.39 is 6.09 Å². The molecule has 0 aliphatic heterocycles. The lowest BCUT2D eigenvalue weighted by Gasteiger charge is -2.17. The van der Waals surface area contributed by atoms with Crippen molar-refractivity contribution in [3.63, 3.8) is 0 Å². The Labute approximate surface area is 116 Å². The number of amides is 2. The Morgan fingerprint density at radius 3 is 2.60 bits per heavy atom. The molecule has 6 nitrogen and oxygen atoms in total. The van der Waals surface area contributed by atoms with Gasteiger partial charge in [0.2, 0.25) is 0 Å². The van der Waals surface area contributed by atoms with Crippen LogP contribution in [0.25, 0.3) is 11.0 Å². The van der Waals surface area contributed by atoms with Crippen LogP contribution >= 0.6 is 0 Å². The molecule has 0 fully saturated rings. The van der Waals surface area contributed by atoms with Crippen LogP contribution < -0.4 is 10.5 Å². The standard InChI is InChI=1S/C14H16N2O4/c1-3-16(4-2)13(17)11-8-19-12-7-9(20-14(15)18)5-6-10(11)12/h5-8H,3-4H2,1-2H3,(H2,15,18). The molecular weight excluding hydrogens is 260 g/mol. The molecule has 2 N–H and O–H groups in total. The third-order valence-electron chi connectivity index (χ3n) is 3.05. The Balaban J connectivity index is 2.37. The SMILES string of the molecule is CCN(CC)C(=O)c1coc2cc(OC(N)=O)ccc12. The lowest BCUT2D eigenvalue weighted by molar-refractivity contribution is 0.0774. The van der Waals surface area contributed by atoms with Gasteiger partial charge in [-0.1, -0.05) is 0 Å². The topological polar surface area (TPSA) is 85.8 Å². The highest BCUT2D eigenvalue weighted by Gasteiger charge is 2.18. The number of furan rings is 1. The summed E-state index contributed by atoms with van der Waals surface area (Å²) in [5.74, 6) is 0.193. The van der Waals surface area contributed by atoms with Gasteiger partial charge in [-0.05, 0) is 26.0 Å². The molecule has 0 saturated carbocycles. The number of carbonyl (C=O) groups excluding carboxylic acids is 2. The zero-order chi connectivity index (χ0) is 14.7. The van der Waals surface area contributed by atoms with Crippen LogP contribution in [-0.2, 0) is 0 Å². The van der Waals surface area contributed by atoms with Gasteiger partial charge in [0, 0.05) is 24.5 Å². The molecule has 6 heteroatoms. The summed E-state index contributed by atoms with van der Waals surface area (Å²) in [5.41, 5.74) is 5.91. The minimum absolute atomic E-state index is 0.0858. The quantitative estimate of drug-likeness (QED) is 0.928. The molecule has 2 aromatic rings. The van der Waals surface area contributed by atoms with Crippen molar-refractivity contribution < 1.29 is 18.7 Å². The molecule has 0 unspecified atom stereocenters. The van der Waals surface area contributed by atoms with Gasteiger partial charge in [0.05, 0.1) is 5.56 Å². The molecule has 0 aliphatic rings. The number of primary amides is 1. The zero-order valence-electron chi connectivity index (χ0n) is 11.4. The predicted molar refractivity (Wildman–Crippen MR) is 73.7 cm³/mol. The van der Waals surface area contributed by atoms with Crippen molar-refractivity contribution in [1.29, 1.82) is 0 Å². The first-order valence-electron chi connectivity index (χ1n) is 6.34. The van der Waals surface area contributed by atoms with E-state index in [1.807, 2.05) is 13.8 Å². The van der Waals surface area contributed by atoms with Gasteiger partial charge >= 0.3 is 6.09 Å². The minimum atomic E-state index is -0.893. The van der Waals surface area contributed by atoms with Crippen LogP contribution in [0.2, 0.25) is 0 Å². The highest BCUT2D eigenvalue weighted by molar-refractivity contribution is 6.06. The van der Waals surface area contributed by atoms with Gasteiger partial charge in [0.1, 0.15) is 17.6 Å². The van der Waals surface area contributed by atoms with E-state index in [2.05, 4.69) is 0 Å². The fraction of sp³-hybridized carbons (Fsp3) is 0.286. The normalized spacial score (nSPS) is 10.5. The molecule has 0 aliphatic carbocycles. The van der Waals surface area contributed by atoms with Crippen molar-refractivity contribution in [2.75, 3.05) is 13.1 Å². The van der Waals surface area contributed by atoms with E-state index in [1.165, 1.54) is 12.3 Å². The van der Waals surface area contributed by atoms with Crippen LogP contribution in [0.3, 0.4) is 0 Å². The first kappa shape index (κ1) is 13.9. The number of fused-ring (bicyclic) bond motifs is 1. The van der Waals surface area contributed by atoms with Gasteiger partial charge < -0.3 is 19.8 Å². The van der Waals surface area contributed by atoms with E-state index in [1.54, 1.807) is 17.0 Å². The van der Waals surface area contributed by atoms with Crippen molar-refractivity contribution >= 4 is 23.0 Å². The Bertz CT molecular complexity index is 644. The summed E-state index contributed by atoms with van der Waals surface area (Å²) in [6, 6.07) is 4.77. The van der Waals surface area contributed by atoms with Crippen molar-refractivity contribution in [3.05, 3.63) is 30.0 Å². The largest absolute Gasteiger partial charge is 0.463 e. The van der Waals surface area contributed by atoms with E-state index in [9.17, 15) is 9.59 Å². The van der Waals surface area contributed by atoms with Crippen LogP contribution in [0, 0.1) is 0 Å². The third kappa shape index (κ3) is 2.59. The van der Waals surface area contributed by atoms with Crippen molar-refractivity contribution in [2.45, 2.75) is 13.8 Å². The first-order valence-corrected chi connectivity index (χ1v) is 6.34. The van der Waals surface area contributed by atoms with E-state index in [4.69, 9.17) is 14.9 Å². The summed E-state index contributed by atoms with van der Waals surface area (Å²) in [7, 11) is 0. The fourth-order valence-corrected chi connectivity index (χ4v) is 2.03. The maximum atomic E-state index is 12.3. The maximum Gasteiger partial charge on any atom is 0.409 e. The number of ether oxygens (including phenoxy) is 1. The summed E-state index contributed by atoms with van der Waals surface area (Å²) in [6.07, 6.45) is 0.523. The number of nitrogens with two attached hydrogens (primary N) is 1. The summed E-state index contributed by atoms with van der Waals surface area (Å²) >= 11 is 0. The molecule has 0 atom stereocenters. The highest BCUT2D eigenvalue weighted by atomic mass is 16.5. The van der Waals surface area contributed by atoms with E-state index in [0.29, 0.717) is 29.6 Å². The molecule has 20 heavy (non-hydrogen) atoms. The van der Waals surface area contributed by atoms with Crippen LogP contribution in [0.15, 0.2) is 28.9 Å². The molecule has 0 bridgehead atoms. The molecule has 2 rings (SSSR count). The number of hydrogen-bond acceptors (Lipinski definition) is 4. The zero-order valence-corrected chi connectivity index (χ0v) is 11.4. The summed E-state index contributed by atoms with van der Waals surface area (Å²) in [4.78, 5) is 24.7. The van der Waals surface area contributed by atoms with Gasteiger partial charge in [0.15, 0.2) is 0 Å². The third-order valence-corrected chi connectivity index (χ3v) is 3.05. The monoisotopic (exact) mass is 276 g/mol. The van der Waals surface area contributed by atoms with Crippen molar-refractivity contribution in [1.82, 2.24) is 4.90 Å². The van der Waals surface area contributed by atoms with Crippen LogP contribution in [0.1, 0.15) is 24.2 Å². The predicted octanol–water partition coefficient (Wildman–Crippen LogP) is 2.37. The minimum Gasteiger partial charge on any atom is -0.463 e. The summed E-state index contributed by atoms with van der Waals surface area (Å²) in [6.45, 7) is 5.10. The Morgan fingerprint density at radius 2 is 2.00 bits per heavy atom. The van der Waals surface area contributed by atoms with E-state index in [-0.39, 0.29) is 11.7 Å². The molecule has 1 heterocycles. The van der Waals surface area contributed by atoms with Crippen molar-refractivity contribution in [3.8, 4) is 5.75 Å². The van der Waals surface area contributed by atoms with Gasteiger partial charge in [0.25, 0.3) is 5.91 Å². The van der Waals surface area contributed by atoms with Gasteiger partial charge in [-0.3, -0.25) is 4.79 Å². The second kappa shape index (κ2) is 5.64. The molecule has 1 aromatic heterocycles. The molecule has 0 spiro atoms. The Kier molecular flexibility index (Phi) is 3.93. The van der Waals surface area contributed by atoms with Crippen molar-refractivity contribution in [2.24, 2.45) is 5.73 Å². The molecule has 1 aromatic carbocycles. The van der Waals surface area contributed by atoms with Gasteiger partial charge in [-0.2, -0.15) is 0 Å². The molecule has 0 saturated heterocycles. The smallest absolute Gasteiger partial charge is 0.409 e. The second-order valence-electron chi connectivity index (χ2n) is 4.21. The second-order valence-corrected chi connectivity index (χ2v) is 4.21. The number of benzene rings is 1. The fourth-order valence-electron chi connectivity index (χ4n) is 2.03. The Hall–Kier alpha value is -2.50. The first-order chi connectivity index (χ1) is 9.56. The summed E-state index contributed by atoms with van der Waals surface area (Å²) < 4.78 is 10.1. The van der Waals surface area contributed by atoms with Gasteiger partial charge in [-0.15, -0.1) is 0 Å². The lowest BCUT2D eigenvalue weighted by Crippen LogP contribution is -2.30. The van der Waals surface area contributed by atoms with Crippen LogP contribution in [-0.4, -0.2) is 30.0 Å². The van der Waals surface area contributed by atoms with E-state index >= 15 is 0 Å². The Morgan fingerprint density at radius 1 is 1.30 bits per heavy atom. The van der Waals surface area contributed by atoms with Crippen LogP contribution in [0.5, 0.6) is 5.75 Å². The number of carbonyl (C=O) groups is 2.